The molecule has 0 aromatic heterocycles. The first kappa shape index (κ1) is 58.8. The molecule has 0 N–H and O–H groups in total. The second-order valence-electron chi connectivity index (χ2n) is 21.5. The molecule has 1 atom stereocenters. The van der Waals surface area contributed by atoms with Gasteiger partial charge in [-0.15, -0.1) is 0 Å². The zero-order valence-corrected chi connectivity index (χ0v) is 48.2. The number of nitrogens with zero attached hydrogens (tertiary/aromatic N) is 8. The maximum atomic E-state index is 13.8. The van der Waals surface area contributed by atoms with Gasteiger partial charge in [0, 0.05) is 56.9 Å². The smallest absolute Gasteiger partial charge is 0.261 e. The largest absolute Gasteiger partial charge is 0.274 e. The topological polar surface area (TPSA) is 269 Å². The van der Waals surface area contributed by atoms with Crippen LogP contribution in [0.1, 0.15) is 217 Å². The third kappa shape index (κ3) is 10.8. The molecule has 17 heteroatoms. The van der Waals surface area contributed by atoms with Gasteiger partial charge in [0.05, 0.1) is 110 Å². The van der Waals surface area contributed by atoms with Crippen LogP contribution in [-0.2, 0) is 20.6 Å². The summed E-state index contributed by atoms with van der Waals surface area (Å²) in [5.74, 6) is -2.15. The quantitative estimate of drug-likeness (QED) is 0.0452. The van der Waals surface area contributed by atoms with E-state index in [0.29, 0.717) is 45.2 Å². The van der Waals surface area contributed by atoms with Crippen LogP contribution in [0.5, 0.6) is 0 Å². The minimum Gasteiger partial charge on any atom is -0.274 e. The van der Waals surface area contributed by atoms with Crippen LogP contribution in [0.2, 0.25) is 0 Å². The van der Waals surface area contributed by atoms with Crippen molar-refractivity contribution in [1.82, 2.24) is 9.80 Å². The predicted molar refractivity (Wildman–Crippen MR) is 312 cm³/mol. The lowest BCUT2D eigenvalue weighted by Gasteiger charge is -2.31. The summed E-state index contributed by atoms with van der Waals surface area (Å²) in [6.07, 6.45) is 22.2. The summed E-state index contributed by atoms with van der Waals surface area (Å²) >= 11 is 0. The number of amides is 4. The first-order valence-corrected chi connectivity index (χ1v) is 31.3. The van der Waals surface area contributed by atoms with Gasteiger partial charge in [-0.05, 0) is 73.5 Å². The summed E-state index contributed by atoms with van der Waals surface area (Å²) in [4.78, 5) is 57.3. The molecule has 0 bridgehead atoms. The fourth-order valence-corrected chi connectivity index (χ4v) is 15.4. The molecule has 0 radical (unpaired) electrons. The number of nitriles is 6. The third-order valence-corrected chi connectivity index (χ3v) is 19.7. The van der Waals surface area contributed by atoms with Crippen molar-refractivity contribution in [2.75, 3.05) is 13.1 Å². The highest BCUT2D eigenvalue weighted by molar-refractivity contribution is 7.92. The Bertz CT molecular complexity index is 4100. The molecule has 6 aromatic rings. The molecule has 4 aliphatic rings. The van der Waals surface area contributed by atoms with E-state index in [1.807, 2.05) is 12.1 Å². The average Bonchev–Trinajstić information content (AvgIpc) is 1.57. The van der Waals surface area contributed by atoms with Crippen LogP contribution in [0, 0.1) is 68.0 Å². The summed E-state index contributed by atoms with van der Waals surface area (Å²) in [7, 11) is -6.09. The van der Waals surface area contributed by atoms with Gasteiger partial charge < -0.3 is 0 Å². The Morgan fingerprint density at radius 1 is 0.410 bits per heavy atom. The highest BCUT2D eigenvalue weighted by Crippen LogP contribution is 2.52. The van der Waals surface area contributed by atoms with Crippen molar-refractivity contribution in [1.29, 1.82) is 31.6 Å². The molecule has 0 saturated carbocycles. The van der Waals surface area contributed by atoms with Crippen LogP contribution in [0.25, 0.3) is 43.8 Å². The van der Waals surface area contributed by atoms with Crippen molar-refractivity contribution in [3.63, 3.8) is 0 Å². The number of unbranched alkanes of at least 4 members (excludes halogenated alkanes) is 18. The molecule has 0 aliphatic carbocycles. The van der Waals surface area contributed by atoms with E-state index < -0.39 is 44.3 Å². The number of carbonyl (C=O) groups excluding carboxylic acids is 4. The van der Waals surface area contributed by atoms with E-state index in [0.717, 1.165) is 43.4 Å². The fourth-order valence-electron chi connectivity index (χ4n) is 12.2. The van der Waals surface area contributed by atoms with Crippen molar-refractivity contribution in [3.05, 3.63) is 116 Å². The number of hydrogen-bond donors (Lipinski definition) is 0. The lowest BCUT2D eigenvalue weighted by molar-refractivity contribution is 0.0592. The minimum absolute atomic E-state index is 0.0148. The number of fused-ring (bicyclic) bond motifs is 4. The maximum absolute atomic E-state index is 13.8. The Morgan fingerprint density at radius 3 is 1.22 bits per heavy atom. The van der Waals surface area contributed by atoms with E-state index in [1.54, 1.807) is 18.2 Å². The highest BCUT2D eigenvalue weighted by atomic mass is 32.2. The number of imide groups is 2. The summed E-state index contributed by atoms with van der Waals surface area (Å²) < 4.78 is 41.4. The molecule has 4 heterocycles. The van der Waals surface area contributed by atoms with Gasteiger partial charge in [-0.25, -0.2) is 12.6 Å². The summed E-state index contributed by atoms with van der Waals surface area (Å²) in [6, 6.07) is 26.6. The molecule has 0 spiro atoms. The van der Waals surface area contributed by atoms with Gasteiger partial charge in [0.1, 0.15) is 12.1 Å². The van der Waals surface area contributed by atoms with Gasteiger partial charge in [-0.1, -0.05) is 129 Å². The second-order valence-corrected chi connectivity index (χ2v) is 24.8. The Balaban J connectivity index is 0.000000200. The zero-order chi connectivity index (χ0) is 59.1. The van der Waals surface area contributed by atoms with Crippen LogP contribution in [0.4, 0.5) is 0 Å². The van der Waals surface area contributed by atoms with E-state index in [1.165, 1.54) is 124 Å². The van der Waals surface area contributed by atoms with Crippen molar-refractivity contribution >= 4 is 65.8 Å². The minimum atomic E-state index is -4.28. The van der Waals surface area contributed by atoms with Crippen molar-refractivity contribution in [3.8, 4) is 58.7 Å². The van der Waals surface area contributed by atoms with Crippen LogP contribution in [-0.4, -0.2) is 59.1 Å². The molecule has 4 amide bonds. The van der Waals surface area contributed by atoms with Gasteiger partial charge in [0.2, 0.25) is 9.84 Å². The maximum Gasteiger partial charge on any atom is 0.261 e. The lowest BCUT2D eigenvalue weighted by Crippen LogP contribution is -2.41. The van der Waals surface area contributed by atoms with E-state index in [4.69, 9.17) is 0 Å². The standard InChI is InChI=1S/C33H30N4O4S.C33H30N4O3S/c1-2-3-4-5-6-7-8-9-10-11-14-37-32(38)25-16-22(19-35)28-24-15-21(18-34)12-13-27(24)42(40,41)31-23(20-36)17-26(33(37)39)29(25)30(28)31;1-2-3-4-5-6-7-8-9-10-11-14-37-32(38)25-16-22(19-35)28-24-15-21(18-34)12-13-27(24)41(40)31-23(20-36)17-26(33(37)39)29(25)30(28)31/h12-13,15-17H,2-11,14H2,1H3;12-13,15-17H,2-11,14H2,1H3. The molecule has 0 saturated heterocycles. The second kappa shape index (κ2) is 25.5. The Kier molecular flexibility index (Phi) is 18.1. The Morgan fingerprint density at radius 2 is 0.783 bits per heavy atom. The highest BCUT2D eigenvalue weighted by Gasteiger charge is 2.43. The van der Waals surface area contributed by atoms with Crippen LogP contribution in [0.15, 0.2) is 80.2 Å². The number of benzene rings is 6. The van der Waals surface area contributed by atoms with Gasteiger partial charge >= 0.3 is 0 Å². The van der Waals surface area contributed by atoms with E-state index in [9.17, 15) is 63.4 Å². The third-order valence-electron chi connectivity index (χ3n) is 16.3. The number of carbonyl (C=O) groups is 4. The summed E-state index contributed by atoms with van der Waals surface area (Å²) in [5, 5.41) is 60.0. The Hall–Kier alpha value is -8.84. The first-order valence-electron chi connectivity index (χ1n) is 28.7. The van der Waals surface area contributed by atoms with E-state index in [2.05, 4.69) is 38.1 Å². The molecule has 1 unspecified atom stereocenters. The normalized spacial score (nSPS) is 14.6. The molecule has 83 heavy (non-hydrogen) atoms. The van der Waals surface area contributed by atoms with Crippen LogP contribution >= 0.6 is 0 Å². The van der Waals surface area contributed by atoms with Crippen LogP contribution < -0.4 is 0 Å². The predicted octanol–water partition coefficient (Wildman–Crippen LogP) is 13.9. The number of hydrogen-bond acceptors (Lipinski definition) is 13. The fraction of sp³-hybridized carbons (Fsp3) is 0.364. The van der Waals surface area contributed by atoms with Gasteiger partial charge in [-0.3, -0.25) is 29.0 Å². The number of sulfone groups is 1. The van der Waals surface area contributed by atoms with Gasteiger partial charge in [-0.2, -0.15) is 31.6 Å². The molecule has 0 fully saturated rings. The average molecular weight is 1140 g/mol. The first-order chi connectivity index (χ1) is 40.3. The molecular weight excluding hydrogens is 1080 g/mol. The summed E-state index contributed by atoms with van der Waals surface area (Å²) in [6.45, 7) is 4.85. The number of rotatable bonds is 22. The molecular formula is C66H60N8O7S2. The van der Waals surface area contributed by atoms with Crippen molar-refractivity contribution in [2.24, 2.45) is 0 Å². The SMILES string of the molecule is CCCCCCCCCCCCN1C(=O)c2cc(C#N)c3c4c(c(C#N)cc(c24)C1=O)S(=O)(=O)c1ccc(C#N)cc1-3.CCCCCCCCCCCCN1C(=O)c2cc(C#N)c3c4c(c(C#N)cc(c24)C1=O)S(=O)c1ccc(C#N)cc1-3. The summed E-state index contributed by atoms with van der Waals surface area (Å²) in [5.41, 5.74) is 2.26. The Labute approximate surface area is 486 Å². The van der Waals surface area contributed by atoms with Gasteiger partial charge in [0.25, 0.3) is 23.6 Å². The molecule has 10 rings (SSSR count). The molecule has 6 aromatic carbocycles. The van der Waals surface area contributed by atoms with Crippen molar-refractivity contribution in [2.45, 2.75) is 162 Å². The van der Waals surface area contributed by atoms with Crippen LogP contribution in [0.3, 0.4) is 0 Å². The lowest BCUT2D eigenvalue weighted by atomic mass is 9.84. The van der Waals surface area contributed by atoms with E-state index >= 15 is 0 Å². The van der Waals surface area contributed by atoms with E-state index in [-0.39, 0.29) is 99.7 Å². The molecule has 418 valence electrons. The zero-order valence-electron chi connectivity index (χ0n) is 46.6. The monoisotopic (exact) mass is 1140 g/mol. The molecule has 15 nitrogen and oxygen atoms in total. The molecule has 4 aliphatic heterocycles. The van der Waals surface area contributed by atoms with Crippen molar-refractivity contribution < 1.29 is 31.8 Å². The van der Waals surface area contributed by atoms with Gasteiger partial charge in [0.15, 0.2) is 0 Å².